The van der Waals surface area contributed by atoms with E-state index in [1.807, 2.05) is 36.4 Å². The summed E-state index contributed by atoms with van der Waals surface area (Å²) in [6, 6.07) is 18.0. The number of nitrogens with one attached hydrogen (secondary N) is 5. The van der Waals surface area contributed by atoms with Crippen molar-refractivity contribution in [2.24, 2.45) is 4.99 Å². The van der Waals surface area contributed by atoms with E-state index in [9.17, 15) is 18.0 Å². The molecule has 198 valence electrons. The van der Waals surface area contributed by atoms with Crippen LogP contribution in [0, 0.1) is 22.1 Å². The quantitative estimate of drug-likeness (QED) is 0.182. The molecule has 2 aromatic carbocycles. The predicted octanol–water partition coefficient (Wildman–Crippen LogP) is 4.11. The van der Waals surface area contributed by atoms with E-state index in [1.54, 1.807) is 24.3 Å². The number of ether oxygens (including phenoxy) is 1. The van der Waals surface area contributed by atoms with Gasteiger partial charge in [-0.15, -0.1) is 0 Å². The maximum Gasteiger partial charge on any atom is 0.417 e. The number of nitrogens with zero attached hydrogens (tertiary/aromatic N) is 3. The number of pyridine rings is 1. The van der Waals surface area contributed by atoms with Gasteiger partial charge >= 0.3 is 6.18 Å². The Hall–Kier alpha value is -5.25. The lowest BCUT2D eigenvalue weighted by Crippen LogP contribution is -2.43. The highest BCUT2D eigenvalue weighted by molar-refractivity contribution is 6.19. The van der Waals surface area contributed by atoms with E-state index in [1.165, 1.54) is 0 Å². The van der Waals surface area contributed by atoms with Crippen LogP contribution in [0.1, 0.15) is 28.8 Å². The van der Waals surface area contributed by atoms with Crippen molar-refractivity contribution in [3.05, 3.63) is 89.2 Å². The van der Waals surface area contributed by atoms with Crippen LogP contribution in [0.25, 0.3) is 0 Å². The Kier molecular flexibility index (Phi) is 7.85. The lowest BCUT2D eigenvalue weighted by molar-refractivity contribution is -0.137. The molecule has 1 aromatic heterocycles. The monoisotopic (exact) mass is 534 g/mol. The summed E-state index contributed by atoms with van der Waals surface area (Å²) in [6.07, 6.45) is -5.50. The lowest BCUT2D eigenvalue weighted by Gasteiger charge is -2.17. The van der Waals surface area contributed by atoms with E-state index in [2.05, 4.69) is 25.9 Å². The van der Waals surface area contributed by atoms with Crippen molar-refractivity contribution in [1.82, 2.24) is 10.3 Å². The number of rotatable bonds is 6. The molecule has 0 bridgehead atoms. The summed E-state index contributed by atoms with van der Waals surface area (Å²) >= 11 is 0. The van der Waals surface area contributed by atoms with Crippen molar-refractivity contribution in [3.8, 4) is 6.07 Å². The van der Waals surface area contributed by atoms with E-state index < -0.39 is 35.7 Å². The molecule has 1 aliphatic rings. The number of halogens is 3. The van der Waals surface area contributed by atoms with Crippen LogP contribution < -0.4 is 16.0 Å². The molecule has 2 heterocycles. The number of hydrogen-bond donors (Lipinski definition) is 5. The van der Waals surface area contributed by atoms with Gasteiger partial charge in [0, 0.05) is 23.9 Å². The van der Waals surface area contributed by atoms with E-state index in [0.29, 0.717) is 23.2 Å². The minimum absolute atomic E-state index is 0.00471. The zero-order valence-electron chi connectivity index (χ0n) is 20.1. The van der Waals surface area contributed by atoms with Gasteiger partial charge in [0.2, 0.25) is 12.1 Å². The number of nitriles is 1. The number of aromatic nitrogens is 1. The minimum Gasteiger partial charge on any atom is -0.405 e. The van der Waals surface area contributed by atoms with Gasteiger partial charge in [-0.05, 0) is 12.1 Å². The molecule has 5 N–H and O–H groups in total. The number of benzodiazepines with no additional fused rings is 1. The van der Waals surface area contributed by atoms with Gasteiger partial charge in [-0.3, -0.25) is 15.6 Å². The molecule has 1 atom stereocenters. The number of alkyl halides is 3. The SMILES string of the molecule is N#CCCNc1cc(C(F)(F)F)cnc1C(=N)OC(=N)N[C@H]1N=C(c2ccccc2)c2ccccc2NC1=O. The third-order valence-electron chi connectivity index (χ3n) is 5.45. The number of aliphatic imine (C=N–C) groups is 1. The third-order valence-corrected chi connectivity index (χ3v) is 5.45. The largest absolute Gasteiger partial charge is 0.417 e. The molecule has 10 nitrogen and oxygen atoms in total. The van der Waals surface area contributed by atoms with Crippen LogP contribution in [0.5, 0.6) is 0 Å². The van der Waals surface area contributed by atoms with E-state index in [4.69, 9.17) is 20.8 Å². The number of fused-ring (bicyclic) bond motifs is 1. The minimum atomic E-state index is -4.69. The highest BCUT2D eigenvalue weighted by Gasteiger charge is 2.32. The topological polar surface area (TPSA) is 159 Å². The second-order valence-corrected chi connectivity index (χ2v) is 8.14. The van der Waals surface area contributed by atoms with E-state index in [-0.39, 0.29) is 24.3 Å². The number of benzene rings is 2. The smallest absolute Gasteiger partial charge is 0.405 e. The van der Waals surface area contributed by atoms with E-state index in [0.717, 1.165) is 11.6 Å². The average Bonchev–Trinajstić information content (AvgIpc) is 3.04. The van der Waals surface area contributed by atoms with Gasteiger partial charge in [-0.25, -0.2) is 9.98 Å². The summed E-state index contributed by atoms with van der Waals surface area (Å²) < 4.78 is 44.7. The Balaban J connectivity index is 1.57. The Morgan fingerprint density at radius 1 is 1.13 bits per heavy atom. The van der Waals surface area contributed by atoms with Crippen LogP contribution >= 0.6 is 0 Å². The fourth-order valence-electron chi connectivity index (χ4n) is 3.67. The number of anilines is 2. The number of para-hydroxylation sites is 1. The average molecular weight is 535 g/mol. The molecule has 1 amide bonds. The Morgan fingerprint density at radius 3 is 2.56 bits per heavy atom. The molecule has 0 unspecified atom stereocenters. The summed E-state index contributed by atoms with van der Waals surface area (Å²) in [5.74, 6) is -1.36. The van der Waals surface area contributed by atoms with Crippen molar-refractivity contribution in [1.29, 1.82) is 16.1 Å². The first-order valence-electron chi connectivity index (χ1n) is 11.5. The first kappa shape index (κ1) is 26.8. The molecular formula is C26H21F3N8O2. The highest BCUT2D eigenvalue weighted by Crippen LogP contribution is 2.31. The third kappa shape index (κ3) is 6.37. The first-order valence-corrected chi connectivity index (χ1v) is 11.5. The van der Waals surface area contributed by atoms with Crippen molar-refractivity contribution < 1.29 is 22.7 Å². The number of hydrogen-bond acceptors (Lipinski definition) is 8. The van der Waals surface area contributed by atoms with Gasteiger partial charge in [0.15, 0.2) is 0 Å². The fraction of sp³-hybridized carbons (Fsp3) is 0.154. The lowest BCUT2D eigenvalue weighted by atomic mass is 10.0. The molecule has 3 aromatic rings. The van der Waals surface area contributed by atoms with Crippen LogP contribution in [0.3, 0.4) is 0 Å². The Morgan fingerprint density at radius 2 is 1.85 bits per heavy atom. The van der Waals surface area contributed by atoms with Gasteiger partial charge in [-0.2, -0.15) is 18.4 Å². The number of carbonyl (C=O) groups excluding carboxylic acids is 1. The molecule has 0 fully saturated rings. The second kappa shape index (κ2) is 11.4. The number of amidine groups is 1. The number of amides is 1. The molecule has 39 heavy (non-hydrogen) atoms. The second-order valence-electron chi connectivity index (χ2n) is 8.14. The predicted molar refractivity (Wildman–Crippen MR) is 138 cm³/mol. The fourth-order valence-corrected chi connectivity index (χ4v) is 3.67. The summed E-state index contributed by atoms with van der Waals surface area (Å²) in [7, 11) is 0. The van der Waals surface area contributed by atoms with Crippen LogP contribution in [0.2, 0.25) is 0 Å². The highest BCUT2D eigenvalue weighted by atomic mass is 19.4. The van der Waals surface area contributed by atoms with Crippen molar-refractivity contribution in [3.63, 3.8) is 0 Å². The maximum absolute atomic E-state index is 13.2. The zero-order valence-corrected chi connectivity index (χ0v) is 20.1. The van der Waals surface area contributed by atoms with Gasteiger partial charge in [0.25, 0.3) is 11.9 Å². The Labute approximate surface area is 220 Å². The summed E-state index contributed by atoms with van der Waals surface area (Å²) in [4.78, 5) is 21.1. The Bertz CT molecular complexity index is 1480. The molecular weight excluding hydrogens is 513 g/mol. The van der Waals surface area contributed by atoms with Crippen molar-refractivity contribution >= 4 is 34.9 Å². The summed E-state index contributed by atoms with van der Waals surface area (Å²) in [5, 5.41) is 33.0. The van der Waals surface area contributed by atoms with Gasteiger partial charge in [0.05, 0.1) is 35.1 Å². The molecule has 0 aliphatic carbocycles. The van der Waals surface area contributed by atoms with E-state index >= 15 is 0 Å². The standard InChI is InChI=1S/C26H21F3N8O2/c27-26(28,29)16-13-19(33-12-6-11-30)21(34-14-16)22(31)39-25(32)37-23-24(38)35-18-10-5-4-9-17(18)20(36-23)15-7-2-1-3-8-15/h1-5,7-10,13-14,23,31,33H,6,12H2,(H2,32,37)(H,35,38)/t23-/m1/s1. The molecule has 0 spiro atoms. The van der Waals surface area contributed by atoms with Gasteiger partial charge in [-0.1, -0.05) is 48.5 Å². The van der Waals surface area contributed by atoms with Crippen LogP contribution in [-0.4, -0.2) is 41.2 Å². The summed E-state index contributed by atoms with van der Waals surface area (Å²) in [6.45, 7) is -0.00471. The molecule has 0 saturated carbocycles. The normalized spacial score (nSPS) is 14.6. The molecule has 0 saturated heterocycles. The molecule has 4 rings (SSSR count). The van der Waals surface area contributed by atoms with Gasteiger partial charge < -0.3 is 20.7 Å². The van der Waals surface area contributed by atoms with Crippen LogP contribution in [0.15, 0.2) is 71.9 Å². The van der Waals surface area contributed by atoms with Crippen LogP contribution in [-0.2, 0) is 15.7 Å². The maximum atomic E-state index is 13.2. The van der Waals surface area contributed by atoms with Crippen molar-refractivity contribution in [2.75, 3.05) is 17.2 Å². The van der Waals surface area contributed by atoms with Crippen molar-refractivity contribution in [2.45, 2.75) is 18.8 Å². The summed E-state index contributed by atoms with van der Waals surface area (Å²) in [5.41, 5.74) is 0.766. The first-order chi connectivity index (χ1) is 18.7. The number of carbonyl (C=O) groups is 1. The molecule has 1 aliphatic heterocycles. The van der Waals surface area contributed by atoms with Gasteiger partial charge in [0.1, 0.15) is 5.69 Å². The molecule has 13 heteroatoms. The van der Waals surface area contributed by atoms with Crippen LogP contribution in [0.4, 0.5) is 24.5 Å². The zero-order chi connectivity index (χ0) is 28.0. The molecule has 0 radical (unpaired) electrons.